The minimum absolute atomic E-state index is 0.527. The predicted octanol–water partition coefficient (Wildman–Crippen LogP) is 2.31. The molecule has 2 rings (SSSR count). The van der Waals surface area contributed by atoms with Gasteiger partial charge >= 0.3 is 0 Å². The smallest absolute Gasteiger partial charge is 0.0772 e. The van der Waals surface area contributed by atoms with Crippen molar-refractivity contribution in [2.24, 2.45) is 5.73 Å². The number of nitrogens with zero attached hydrogens (tertiary/aromatic N) is 2. The fourth-order valence-corrected chi connectivity index (χ4v) is 2.48. The normalized spacial score (nSPS) is 21.9. The van der Waals surface area contributed by atoms with Gasteiger partial charge in [0.2, 0.25) is 0 Å². The van der Waals surface area contributed by atoms with Crippen molar-refractivity contribution in [2.45, 2.75) is 45.2 Å². The van der Waals surface area contributed by atoms with Crippen LogP contribution in [0.25, 0.3) is 0 Å². The minimum atomic E-state index is 0.527. The lowest BCUT2D eigenvalue weighted by atomic mass is 10.1. The quantitative estimate of drug-likeness (QED) is 0.830. The molecule has 0 saturated carbocycles. The van der Waals surface area contributed by atoms with Crippen molar-refractivity contribution in [2.75, 3.05) is 11.4 Å². The molecular weight excluding hydrogens is 198 g/mol. The molecular formula is C13H21N3. The highest BCUT2D eigenvalue weighted by molar-refractivity contribution is 5.51. The van der Waals surface area contributed by atoms with E-state index in [2.05, 4.69) is 22.9 Å². The lowest BCUT2D eigenvalue weighted by molar-refractivity contribution is 0.613. The predicted molar refractivity (Wildman–Crippen MR) is 67.4 cm³/mol. The summed E-state index contributed by atoms with van der Waals surface area (Å²) in [5.74, 6) is 0. The third-order valence-electron chi connectivity index (χ3n) is 3.42. The third kappa shape index (κ3) is 2.35. The number of aromatic nitrogens is 1. The number of anilines is 1. The van der Waals surface area contributed by atoms with Gasteiger partial charge in [-0.1, -0.05) is 12.8 Å². The molecule has 1 unspecified atom stereocenters. The molecule has 88 valence electrons. The summed E-state index contributed by atoms with van der Waals surface area (Å²) in [5, 5.41) is 0. The topological polar surface area (TPSA) is 42.2 Å². The molecule has 2 heterocycles. The van der Waals surface area contributed by atoms with E-state index < -0.39 is 0 Å². The van der Waals surface area contributed by atoms with Gasteiger partial charge in [-0.25, -0.2) is 0 Å². The highest BCUT2D eigenvalue weighted by Gasteiger charge is 2.19. The van der Waals surface area contributed by atoms with Gasteiger partial charge in [0.1, 0.15) is 0 Å². The van der Waals surface area contributed by atoms with E-state index in [4.69, 9.17) is 5.73 Å². The summed E-state index contributed by atoms with van der Waals surface area (Å²) >= 11 is 0. The summed E-state index contributed by atoms with van der Waals surface area (Å²) in [6.07, 6.45) is 7.07. The molecule has 3 heteroatoms. The van der Waals surface area contributed by atoms with Crippen LogP contribution in [0.5, 0.6) is 0 Å². The standard InChI is InChI=1S/C13H21N3/c1-11-6-3-2-4-9-16(11)13-7-5-8-15-12(13)10-14/h5,7-8,11H,2-4,6,9-10,14H2,1H3. The summed E-state index contributed by atoms with van der Waals surface area (Å²) in [6.45, 7) is 3.97. The summed E-state index contributed by atoms with van der Waals surface area (Å²) in [5.41, 5.74) is 8.01. The second-order valence-corrected chi connectivity index (χ2v) is 4.57. The van der Waals surface area contributed by atoms with E-state index in [9.17, 15) is 0 Å². The Morgan fingerprint density at radius 3 is 3.12 bits per heavy atom. The van der Waals surface area contributed by atoms with Crippen LogP contribution < -0.4 is 10.6 Å². The molecule has 0 spiro atoms. The monoisotopic (exact) mass is 219 g/mol. The van der Waals surface area contributed by atoms with Gasteiger partial charge in [-0.05, 0) is 31.9 Å². The first-order chi connectivity index (χ1) is 7.83. The lowest BCUT2D eigenvalue weighted by Gasteiger charge is -2.30. The summed E-state index contributed by atoms with van der Waals surface area (Å²) in [6, 6.07) is 4.76. The van der Waals surface area contributed by atoms with Crippen molar-refractivity contribution >= 4 is 5.69 Å². The number of nitrogens with two attached hydrogens (primary N) is 1. The average molecular weight is 219 g/mol. The van der Waals surface area contributed by atoms with Crippen LogP contribution in [0.3, 0.4) is 0 Å². The summed E-state index contributed by atoms with van der Waals surface area (Å²) < 4.78 is 0. The van der Waals surface area contributed by atoms with Crippen LogP contribution >= 0.6 is 0 Å². The van der Waals surface area contributed by atoms with E-state index in [1.54, 1.807) is 0 Å². The number of hydrogen-bond acceptors (Lipinski definition) is 3. The first-order valence-corrected chi connectivity index (χ1v) is 6.23. The van der Waals surface area contributed by atoms with Gasteiger partial charge in [-0.15, -0.1) is 0 Å². The summed E-state index contributed by atoms with van der Waals surface area (Å²) in [4.78, 5) is 6.85. The van der Waals surface area contributed by atoms with E-state index in [1.165, 1.54) is 31.4 Å². The fourth-order valence-electron chi connectivity index (χ4n) is 2.48. The second-order valence-electron chi connectivity index (χ2n) is 4.57. The second kappa shape index (κ2) is 5.30. The minimum Gasteiger partial charge on any atom is -0.367 e. The van der Waals surface area contributed by atoms with Crippen LogP contribution in [0, 0.1) is 0 Å². The molecule has 1 saturated heterocycles. The average Bonchev–Trinajstić information content (AvgIpc) is 2.54. The Hall–Kier alpha value is -1.09. The number of hydrogen-bond donors (Lipinski definition) is 1. The first kappa shape index (κ1) is 11.4. The molecule has 0 radical (unpaired) electrons. The maximum absolute atomic E-state index is 5.75. The van der Waals surface area contributed by atoms with Gasteiger partial charge < -0.3 is 10.6 Å². The Balaban J connectivity index is 2.26. The maximum atomic E-state index is 5.75. The molecule has 1 aromatic rings. The Bertz CT molecular complexity index is 338. The molecule has 1 fully saturated rings. The van der Waals surface area contributed by atoms with Crippen LogP contribution in [0.1, 0.15) is 38.3 Å². The third-order valence-corrected chi connectivity index (χ3v) is 3.42. The Labute approximate surface area is 97.7 Å². The molecule has 0 aliphatic carbocycles. The Kier molecular flexibility index (Phi) is 3.78. The maximum Gasteiger partial charge on any atom is 0.0772 e. The molecule has 1 atom stereocenters. The molecule has 1 aliphatic heterocycles. The lowest BCUT2D eigenvalue weighted by Crippen LogP contribution is -2.33. The molecule has 0 amide bonds. The van der Waals surface area contributed by atoms with E-state index in [0.717, 1.165) is 12.2 Å². The molecule has 1 aliphatic rings. The van der Waals surface area contributed by atoms with Crippen molar-refractivity contribution in [3.63, 3.8) is 0 Å². The van der Waals surface area contributed by atoms with Crippen LogP contribution in [0.2, 0.25) is 0 Å². The molecule has 16 heavy (non-hydrogen) atoms. The SMILES string of the molecule is CC1CCCCCN1c1cccnc1CN. The largest absolute Gasteiger partial charge is 0.367 e. The Morgan fingerprint density at radius 2 is 2.31 bits per heavy atom. The van der Waals surface area contributed by atoms with E-state index in [-0.39, 0.29) is 0 Å². The fraction of sp³-hybridized carbons (Fsp3) is 0.615. The van der Waals surface area contributed by atoms with Crippen molar-refractivity contribution in [1.29, 1.82) is 0 Å². The molecule has 0 bridgehead atoms. The van der Waals surface area contributed by atoms with Gasteiger partial charge in [-0.2, -0.15) is 0 Å². The van der Waals surface area contributed by atoms with Gasteiger partial charge in [0, 0.05) is 25.3 Å². The molecule has 1 aromatic heterocycles. The van der Waals surface area contributed by atoms with Crippen molar-refractivity contribution < 1.29 is 0 Å². The van der Waals surface area contributed by atoms with Crippen molar-refractivity contribution in [1.82, 2.24) is 4.98 Å². The van der Waals surface area contributed by atoms with Gasteiger partial charge in [0.25, 0.3) is 0 Å². The zero-order chi connectivity index (χ0) is 11.4. The highest BCUT2D eigenvalue weighted by atomic mass is 15.2. The van der Waals surface area contributed by atoms with Gasteiger partial charge in [0.15, 0.2) is 0 Å². The zero-order valence-electron chi connectivity index (χ0n) is 10.0. The van der Waals surface area contributed by atoms with Crippen LogP contribution in [-0.4, -0.2) is 17.6 Å². The Morgan fingerprint density at radius 1 is 1.44 bits per heavy atom. The number of rotatable bonds is 2. The van der Waals surface area contributed by atoms with Crippen LogP contribution in [0.4, 0.5) is 5.69 Å². The first-order valence-electron chi connectivity index (χ1n) is 6.23. The summed E-state index contributed by atoms with van der Waals surface area (Å²) in [7, 11) is 0. The molecule has 0 aromatic carbocycles. The van der Waals surface area contributed by atoms with E-state index >= 15 is 0 Å². The van der Waals surface area contributed by atoms with E-state index in [1.807, 2.05) is 12.3 Å². The molecule has 2 N–H and O–H groups in total. The van der Waals surface area contributed by atoms with Crippen LogP contribution in [-0.2, 0) is 6.54 Å². The highest BCUT2D eigenvalue weighted by Crippen LogP contribution is 2.25. The van der Waals surface area contributed by atoms with Crippen molar-refractivity contribution in [3.8, 4) is 0 Å². The zero-order valence-corrected chi connectivity index (χ0v) is 10.0. The van der Waals surface area contributed by atoms with Gasteiger partial charge in [-0.3, -0.25) is 4.98 Å². The number of pyridine rings is 1. The molecule has 3 nitrogen and oxygen atoms in total. The van der Waals surface area contributed by atoms with E-state index in [0.29, 0.717) is 12.6 Å². The van der Waals surface area contributed by atoms with Crippen LogP contribution in [0.15, 0.2) is 18.3 Å². The van der Waals surface area contributed by atoms with Gasteiger partial charge in [0.05, 0.1) is 11.4 Å². The van der Waals surface area contributed by atoms with Crippen molar-refractivity contribution in [3.05, 3.63) is 24.0 Å².